The van der Waals surface area contributed by atoms with E-state index in [2.05, 4.69) is 62.9 Å². The van der Waals surface area contributed by atoms with Crippen molar-refractivity contribution >= 4 is 0 Å². The molecular formula is C21H28N6. The Bertz CT molecular complexity index is 849. The fourth-order valence-corrected chi connectivity index (χ4v) is 3.96. The molecular weight excluding hydrogens is 336 g/mol. The monoisotopic (exact) mass is 364 g/mol. The first-order valence-electron chi connectivity index (χ1n) is 9.87. The molecule has 1 unspecified atom stereocenters. The molecule has 0 aliphatic carbocycles. The maximum atomic E-state index is 4.54. The molecule has 0 bridgehead atoms. The molecule has 0 amide bonds. The highest BCUT2D eigenvalue weighted by Crippen LogP contribution is 2.27. The van der Waals surface area contributed by atoms with Gasteiger partial charge < -0.3 is 9.13 Å². The zero-order valence-corrected chi connectivity index (χ0v) is 16.3. The first-order chi connectivity index (χ1) is 13.2. The second-order valence-corrected chi connectivity index (χ2v) is 7.51. The summed E-state index contributed by atoms with van der Waals surface area (Å²) < 4.78 is 4.20. The van der Waals surface area contributed by atoms with Crippen LogP contribution < -0.4 is 0 Å². The minimum Gasteiger partial charge on any atom is -0.330 e. The Morgan fingerprint density at radius 2 is 1.89 bits per heavy atom. The van der Waals surface area contributed by atoms with Crippen molar-refractivity contribution in [1.82, 2.24) is 29.2 Å². The van der Waals surface area contributed by atoms with Crippen molar-refractivity contribution in [1.29, 1.82) is 0 Å². The van der Waals surface area contributed by atoms with Crippen LogP contribution >= 0.6 is 0 Å². The van der Waals surface area contributed by atoms with Crippen LogP contribution in [0.25, 0.3) is 0 Å². The number of aromatic nitrogens is 5. The van der Waals surface area contributed by atoms with Gasteiger partial charge in [0.25, 0.3) is 0 Å². The summed E-state index contributed by atoms with van der Waals surface area (Å²) in [7, 11) is 2.09. The Hall–Kier alpha value is -2.47. The molecule has 0 saturated carbocycles. The fraction of sp³-hybridized carbons (Fsp3) is 0.476. The van der Waals surface area contributed by atoms with Gasteiger partial charge >= 0.3 is 0 Å². The Kier molecular flexibility index (Phi) is 5.34. The van der Waals surface area contributed by atoms with Crippen LogP contribution in [-0.4, -0.2) is 42.3 Å². The van der Waals surface area contributed by atoms with E-state index in [1.54, 1.807) is 6.20 Å². The van der Waals surface area contributed by atoms with Crippen LogP contribution in [0.1, 0.15) is 48.5 Å². The van der Waals surface area contributed by atoms with Gasteiger partial charge in [-0.05, 0) is 36.9 Å². The molecule has 142 valence electrons. The summed E-state index contributed by atoms with van der Waals surface area (Å²) in [5, 5.41) is 8.98. The molecule has 0 N–H and O–H groups in total. The number of rotatable bonds is 6. The van der Waals surface area contributed by atoms with Crippen LogP contribution in [-0.2, 0) is 26.6 Å². The highest BCUT2D eigenvalue weighted by Gasteiger charge is 2.26. The molecule has 1 aliphatic heterocycles. The van der Waals surface area contributed by atoms with Gasteiger partial charge in [-0.3, -0.25) is 4.90 Å². The Morgan fingerprint density at radius 3 is 2.63 bits per heavy atom. The van der Waals surface area contributed by atoms with Gasteiger partial charge in [-0.1, -0.05) is 31.2 Å². The molecule has 1 saturated heterocycles. The van der Waals surface area contributed by atoms with Gasteiger partial charge in [0, 0.05) is 38.4 Å². The highest BCUT2D eigenvalue weighted by atomic mass is 15.3. The number of hydrogen-bond acceptors (Lipinski definition) is 4. The molecule has 1 fully saturated rings. The minimum absolute atomic E-state index is 0.447. The van der Waals surface area contributed by atoms with Gasteiger partial charge in [0.15, 0.2) is 5.82 Å². The van der Waals surface area contributed by atoms with Crippen LogP contribution in [0.5, 0.6) is 0 Å². The van der Waals surface area contributed by atoms with Crippen molar-refractivity contribution in [3.8, 4) is 0 Å². The van der Waals surface area contributed by atoms with E-state index in [1.807, 2.05) is 17.1 Å². The van der Waals surface area contributed by atoms with Crippen LogP contribution in [0.2, 0.25) is 0 Å². The van der Waals surface area contributed by atoms with Crippen molar-refractivity contribution in [3.05, 3.63) is 65.8 Å². The lowest BCUT2D eigenvalue weighted by molar-refractivity contribution is 0.195. The third-order valence-electron chi connectivity index (χ3n) is 5.59. The van der Waals surface area contributed by atoms with Crippen molar-refractivity contribution in [2.75, 3.05) is 13.1 Å². The zero-order chi connectivity index (χ0) is 18.6. The lowest BCUT2D eigenvalue weighted by Crippen LogP contribution is -2.34. The van der Waals surface area contributed by atoms with Gasteiger partial charge in [-0.25, -0.2) is 4.98 Å². The smallest absolute Gasteiger partial charge is 0.152 e. The lowest BCUT2D eigenvalue weighted by atomic mass is 9.96. The highest BCUT2D eigenvalue weighted by molar-refractivity contribution is 5.22. The van der Waals surface area contributed by atoms with E-state index >= 15 is 0 Å². The van der Waals surface area contributed by atoms with Gasteiger partial charge in [0.05, 0.1) is 12.9 Å². The summed E-state index contributed by atoms with van der Waals surface area (Å²) in [5.74, 6) is 2.54. The van der Waals surface area contributed by atoms with Crippen molar-refractivity contribution in [3.63, 3.8) is 0 Å². The lowest BCUT2D eigenvalue weighted by Gasteiger charge is -2.32. The van der Waals surface area contributed by atoms with Gasteiger partial charge in [-0.15, -0.1) is 10.2 Å². The Balaban J connectivity index is 1.42. The van der Waals surface area contributed by atoms with E-state index in [9.17, 15) is 0 Å². The number of imidazole rings is 1. The van der Waals surface area contributed by atoms with Gasteiger partial charge in [0.1, 0.15) is 5.82 Å². The molecule has 0 spiro atoms. The van der Waals surface area contributed by atoms with Gasteiger partial charge in [0.2, 0.25) is 0 Å². The molecule has 4 rings (SSSR count). The van der Waals surface area contributed by atoms with E-state index in [1.165, 1.54) is 24.0 Å². The third kappa shape index (κ3) is 4.11. The summed E-state index contributed by atoms with van der Waals surface area (Å²) in [6, 6.07) is 9.05. The number of likely N-dealkylation sites (tertiary alicyclic amines) is 1. The molecule has 3 heterocycles. The predicted molar refractivity (Wildman–Crippen MR) is 105 cm³/mol. The minimum atomic E-state index is 0.447. The maximum absolute atomic E-state index is 4.54. The van der Waals surface area contributed by atoms with Crippen LogP contribution in [0.15, 0.2) is 43.0 Å². The largest absolute Gasteiger partial charge is 0.330 e. The SMILES string of the molecule is CCc1ccc(CN2CCCC(c3nnc(Cn4ccnc4)n3C)C2)cc1. The predicted octanol–water partition coefficient (Wildman–Crippen LogP) is 3.00. The van der Waals surface area contributed by atoms with Crippen molar-refractivity contribution in [2.24, 2.45) is 7.05 Å². The zero-order valence-electron chi connectivity index (χ0n) is 16.3. The van der Waals surface area contributed by atoms with Gasteiger partial charge in [-0.2, -0.15) is 0 Å². The fourth-order valence-electron chi connectivity index (χ4n) is 3.96. The standard InChI is InChI=1S/C21H28N6/c1-3-17-6-8-18(9-7-17)13-26-11-4-5-19(14-26)21-24-23-20(25(21)2)15-27-12-10-22-16-27/h6-10,12,16,19H,3-5,11,13-15H2,1-2H3. The molecule has 6 nitrogen and oxygen atoms in total. The van der Waals surface area contributed by atoms with Crippen LogP contribution in [0.4, 0.5) is 0 Å². The van der Waals surface area contributed by atoms with Crippen molar-refractivity contribution in [2.45, 2.75) is 45.2 Å². The molecule has 1 aliphatic rings. The average Bonchev–Trinajstić information content (AvgIpc) is 3.33. The normalized spacial score (nSPS) is 18.1. The van der Waals surface area contributed by atoms with E-state index in [0.717, 1.165) is 37.7 Å². The summed E-state index contributed by atoms with van der Waals surface area (Å²) in [4.78, 5) is 6.66. The number of nitrogens with zero attached hydrogens (tertiary/aromatic N) is 6. The maximum Gasteiger partial charge on any atom is 0.152 e. The van der Waals surface area contributed by atoms with E-state index < -0.39 is 0 Å². The summed E-state index contributed by atoms with van der Waals surface area (Å²) in [5.41, 5.74) is 2.80. The van der Waals surface area contributed by atoms with Crippen molar-refractivity contribution < 1.29 is 0 Å². The molecule has 3 aromatic rings. The topological polar surface area (TPSA) is 51.8 Å². The summed E-state index contributed by atoms with van der Waals surface area (Å²) in [6.45, 7) is 6.13. The summed E-state index contributed by atoms with van der Waals surface area (Å²) in [6.07, 6.45) is 9.06. The number of hydrogen-bond donors (Lipinski definition) is 0. The quantitative estimate of drug-likeness (QED) is 0.675. The van der Waals surface area contributed by atoms with E-state index in [-0.39, 0.29) is 0 Å². The second-order valence-electron chi connectivity index (χ2n) is 7.51. The third-order valence-corrected chi connectivity index (χ3v) is 5.59. The Morgan fingerprint density at radius 1 is 1.07 bits per heavy atom. The number of piperidine rings is 1. The first-order valence-corrected chi connectivity index (χ1v) is 9.87. The second kappa shape index (κ2) is 8.05. The first kappa shape index (κ1) is 17.9. The molecule has 1 atom stereocenters. The number of aryl methyl sites for hydroxylation is 1. The number of benzene rings is 1. The van der Waals surface area contributed by atoms with E-state index in [0.29, 0.717) is 12.5 Å². The van der Waals surface area contributed by atoms with Crippen LogP contribution in [0.3, 0.4) is 0 Å². The van der Waals surface area contributed by atoms with E-state index in [4.69, 9.17) is 0 Å². The molecule has 0 radical (unpaired) electrons. The average molecular weight is 364 g/mol. The van der Waals surface area contributed by atoms with Crippen LogP contribution in [0, 0.1) is 0 Å². The molecule has 6 heteroatoms. The Labute approximate surface area is 160 Å². The molecule has 27 heavy (non-hydrogen) atoms. The molecule has 1 aromatic carbocycles. The molecule has 2 aromatic heterocycles. The summed E-state index contributed by atoms with van der Waals surface area (Å²) >= 11 is 0.